The normalized spacial score (nSPS) is 10.7. The molecule has 1 aromatic rings. The average molecular weight is 462 g/mol. The van der Waals surface area contributed by atoms with E-state index in [1.165, 1.54) is 57.1 Å². The van der Waals surface area contributed by atoms with Crippen LogP contribution in [0, 0.1) is 0 Å². The average Bonchev–Trinajstić information content (AvgIpc) is 2.81. The predicted molar refractivity (Wildman–Crippen MR) is 127 cm³/mol. The van der Waals surface area contributed by atoms with E-state index in [2.05, 4.69) is 13.8 Å². The Labute approximate surface area is 199 Å². The number of hydrogen-bond donors (Lipinski definition) is 0. The second kappa shape index (κ2) is 18.1. The van der Waals surface area contributed by atoms with Crippen molar-refractivity contribution in [1.82, 2.24) is 0 Å². The molecule has 1 rings (SSSR count). The maximum Gasteiger partial charge on any atom is 0.339 e. The van der Waals surface area contributed by atoms with Gasteiger partial charge < -0.3 is 19.4 Å². The standard InChI is InChI=1S/C27H42O6/c1-3-5-7-9-11-12-14-16-19-32-26(30)23-18-17-22(25(28)29)21-24(23)27(31)33-20-15-13-10-8-6-4-2/h17-18,21H,3-16,19-20H2,1-2H3,(H,28,29)/p-1. The first-order valence-electron chi connectivity index (χ1n) is 12.7. The summed E-state index contributed by atoms with van der Waals surface area (Å²) in [5, 5.41) is 11.2. The van der Waals surface area contributed by atoms with Crippen LogP contribution in [0.25, 0.3) is 0 Å². The monoisotopic (exact) mass is 461 g/mol. The van der Waals surface area contributed by atoms with Gasteiger partial charge in [0.1, 0.15) is 0 Å². The van der Waals surface area contributed by atoms with E-state index in [-0.39, 0.29) is 29.9 Å². The number of carboxylic acids is 1. The molecule has 0 aliphatic rings. The van der Waals surface area contributed by atoms with E-state index < -0.39 is 17.9 Å². The lowest BCUT2D eigenvalue weighted by molar-refractivity contribution is -0.255. The maximum atomic E-state index is 12.6. The van der Waals surface area contributed by atoms with Crippen molar-refractivity contribution in [1.29, 1.82) is 0 Å². The van der Waals surface area contributed by atoms with Gasteiger partial charge in [0, 0.05) is 0 Å². The highest BCUT2D eigenvalue weighted by Gasteiger charge is 2.20. The van der Waals surface area contributed by atoms with Gasteiger partial charge in [0.2, 0.25) is 0 Å². The van der Waals surface area contributed by atoms with Crippen LogP contribution >= 0.6 is 0 Å². The number of hydrogen-bond acceptors (Lipinski definition) is 6. The van der Waals surface area contributed by atoms with E-state index in [9.17, 15) is 19.5 Å². The number of aromatic carboxylic acids is 1. The van der Waals surface area contributed by atoms with Gasteiger partial charge in [0.25, 0.3) is 0 Å². The highest BCUT2D eigenvalue weighted by molar-refractivity contribution is 6.04. The molecule has 33 heavy (non-hydrogen) atoms. The fourth-order valence-electron chi connectivity index (χ4n) is 3.62. The number of ether oxygens (including phenoxy) is 2. The first-order chi connectivity index (χ1) is 16.0. The molecule has 0 aromatic heterocycles. The van der Waals surface area contributed by atoms with Gasteiger partial charge in [-0.3, -0.25) is 0 Å². The van der Waals surface area contributed by atoms with Gasteiger partial charge in [-0.05, 0) is 30.5 Å². The molecule has 0 unspecified atom stereocenters. The molecule has 0 spiro atoms. The summed E-state index contributed by atoms with van der Waals surface area (Å²) in [5.74, 6) is -2.78. The molecule has 6 nitrogen and oxygen atoms in total. The third kappa shape index (κ3) is 12.4. The van der Waals surface area contributed by atoms with E-state index in [4.69, 9.17) is 9.47 Å². The third-order valence-electron chi connectivity index (χ3n) is 5.66. The molecule has 0 saturated heterocycles. The largest absolute Gasteiger partial charge is 0.545 e. The second-order valence-corrected chi connectivity index (χ2v) is 8.56. The number of benzene rings is 1. The molecule has 0 aliphatic heterocycles. The van der Waals surface area contributed by atoms with E-state index in [0.717, 1.165) is 51.0 Å². The Morgan fingerprint density at radius 2 is 1.06 bits per heavy atom. The Kier molecular flexibility index (Phi) is 15.7. The van der Waals surface area contributed by atoms with Crippen LogP contribution in [0.5, 0.6) is 0 Å². The fraction of sp³-hybridized carbons (Fsp3) is 0.667. The van der Waals surface area contributed by atoms with Crippen molar-refractivity contribution in [3.63, 3.8) is 0 Å². The summed E-state index contributed by atoms with van der Waals surface area (Å²) in [5.41, 5.74) is -0.253. The molecule has 0 saturated carbocycles. The van der Waals surface area contributed by atoms with Crippen molar-refractivity contribution in [2.75, 3.05) is 13.2 Å². The Morgan fingerprint density at radius 1 is 0.636 bits per heavy atom. The molecule has 0 radical (unpaired) electrons. The zero-order chi connectivity index (χ0) is 24.3. The van der Waals surface area contributed by atoms with Crippen LogP contribution in [-0.2, 0) is 9.47 Å². The van der Waals surface area contributed by atoms with Crippen molar-refractivity contribution < 1.29 is 29.0 Å². The molecule has 0 bridgehead atoms. The molecule has 0 heterocycles. The van der Waals surface area contributed by atoms with Crippen LogP contribution in [0.1, 0.15) is 135 Å². The van der Waals surface area contributed by atoms with E-state index in [0.29, 0.717) is 0 Å². The summed E-state index contributed by atoms with van der Waals surface area (Å²) >= 11 is 0. The quantitative estimate of drug-likeness (QED) is 0.189. The van der Waals surface area contributed by atoms with E-state index >= 15 is 0 Å². The van der Waals surface area contributed by atoms with Crippen LogP contribution in [0.3, 0.4) is 0 Å². The molecule has 1 aromatic carbocycles. The zero-order valence-corrected chi connectivity index (χ0v) is 20.5. The van der Waals surface area contributed by atoms with Crippen LogP contribution in [0.15, 0.2) is 18.2 Å². The van der Waals surface area contributed by atoms with Gasteiger partial charge in [-0.1, -0.05) is 97.0 Å². The maximum absolute atomic E-state index is 12.6. The number of esters is 2. The van der Waals surface area contributed by atoms with Crippen molar-refractivity contribution in [2.24, 2.45) is 0 Å². The SMILES string of the molecule is CCCCCCCCCCOC(=O)c1ccc(C(=O)[O-])cc1C(=O)OCCCCCCCC. The van der Waals surface area contributed by atoms with E-state index in [1.807, 2.05) is 0 Å². The summed E-state index contributed by atoms with van der Waals surface area (Å²) in [6.07, 6.45) is 15.3. The van der Waals surface area contributed by atoms with Crippen molar-refractivity contribution in [3.05, 3.63) is 34.9 Å². The number of rotatable bonds is 19. The highest BCUT2D eigenvalue weighted by Crippen LogP contribution is 2.16. The molecular formula is C27H41O6-. The van der Waals surface area contributed by atoms with Crippen LogP contribution < -0.4 is 5.11 Å². The lowest BCUT2D eigenvalue weighted by atomic mass is 10.0. The number of carbonyl (C=O) groups is 3. The molecule has 0 N–H and O–H groups in total. The fourth-order valence-corrected chi connectivity index (χ4v) is 3.62. The van der Waals surface area contributed by atoms with Gasteiger partial charge >= 0.3 is 11.9 Å². The minimum Gasteiger partial charge on any atom is -0.545 e. The summed E-state index contributed by atoms with van der Waals surface area (Å²) in [4.78, 5) is 36.3. The van der Waals surface area contributed by atoms with Crippen molar-refractivity contribution in [3.8, 4) is 0 Å². The third-order valence-corrected chi connectivity index (χ3v) is 5.66. The lowest BCUT2D eigenvalue weighted by Crippen LogP contribution is -2.24. The summed E-state index contributed by atoms with van der Waals surface area (Å²) in [7, 11) is 0. The zero-order valence-electron chi connectivity index (χ0n) is 20.5. The van der Waals surface area contributed by atoms with Gasteiger partial charge in [-0.25, -0.2) is 9.59 Å². The molecule has 0 fully saturated rings. The topological polar surface area (TPSA) is 92.7 Å². The molecule has 0 amide bonds. The minimum atomic E-state index is -1.42. The molecule has 6 heteroatoms. The van der Waals surface area contributed by atoms with Gasteiger partial charge in [0.05, 0.1) is 30.3 Å². The lowest BCUT2D eigenvalue weighted by Gasteiger charge is -2.12. The summed E-state index contributed by atoms with van der Waals surface area (Å²) in [6.45, 7) is 4.84. The summed E-state index contributed by atoms with van der Waals surface area (Å²) < 4.78 is 10.6. The van der Waals surface area contributed by atoms with Crippen molar-refractivity contribution in [2.45, 2.75) is 104 Å². The molecular weight excluding hydrogens is 420 g/mol. The van der Waals surface area contributed by atoms with Gasteiger partial charge in [-0.15, -0.1) is 0 Å². The number of carboxylic acid groups (broad SMARTS) is 1. The van der Waals surface area contributed by atoms with Crippen LogP contribution in [-0.4, -0.2) is 31.1 Å². The smallest absolute Gasteiger partial charge is 0.339 e. The number of unbranched alkanes of at least 4 members (excludes halogenated alkanes) is 12. The van der Waals surface area contributed by atoms with Gasteiger partial charge in [0.15, 0.2) is 0 Å². The number of carbonyl (C=O) groups excluding carboxylic acids is 3. The summed E-state index contributed by atoms with van der Waals surface area (Å²) in [6, 6.07) is 3.67. The molecule has 0 aliphatic carbocycles. The van der Waals surface area contributed by atoms with Crippen LogP contribution in [0.2, 0.25) is 0 Å². The van der Waals surface area contributed by atoms with E-state index in [1.54, 1.807) is 0 Å². The Bertz CT molecular complexity index is 713. The Morgan fingerprint density at radius 3 is 1.52 bits per heavy atom. The minimum absolute atomic E-state index is 0.0208. The first kappa shape index (κ1) is 28.7. The Balaban J connectivity index is 2.53. The second-order valence-electron chi connectivity index (χ2n) is 8.56. The Hall–Kier alpha value is -2.37. The molecule has 0 atom stereocenters. The molecule has 186 valence electrons. The van der Waals surface area contributed by atoms with Crippen molar-refractivity contribution >= 4 is 17.9 Å². The van der Waals surface area contributed by atoms with Gasteiger partial charge in [-0.2, -0.15) is 0 Å². The van der Waals surface area contributed by atoms with Crippen LogP contribution in [0.4, 0.5) is 0 Å². The first-order valence-corrected chi connectivity index (χ1v) is 12.7. The predicted octanol–water partition coefficient (Wildman–Crippen LogP) is 5.86. The highest BCUT2D eigenvalue weighted by atomic mass is 16.5.